The SMILES string of the molecule is CCOc1ccc(NS(=O)(=O)c2ccc(C(=O)N(C)c3ccccc3)cc2)cc1. The molecule has 150 valence electrons. The molecule has 3 rings (SSSR count). The minimum atomic E-state index is -3.77. The number of amides is 1. The highest BCUT2D eigenvalue weighted by atomic mass is 32.2. The first-order chi connectivity index (χ1) is 13.9. The van der Waals surface area contributed by atoms with Gasteiger partial charge in [0.15, 0.2) is 0 Å². The van der Waals surface area contributed by atoms with Crippen LogP contribution in [0.4, 0.5) is 11.4 Å². The number of rotatable bonds is 7. The summed E-state index contributed by atoms with van der Waals surface area (Å²) < 4.78 is 33.1. The number of para-hydroxylation sites is 1. The molecule has 1 amide bonds. The first kappa shape index (κ1) is 20.4. The molecule has 1 N–H and O–H groups in total. The molecule has 0 unspecified atom stereocenters. The van der Waals surface area contributed by atoms with E-state index < -0.39 is 10.0 Å². The Morgan fingerprint density at radius 2 is 1.55 bits per heavy atom. The molecule has 7 heteroatoms. The van der Waals surface area contributed by atoms with E-state index in [2.05, 4.69) is 4.72 Å². The average molecular weight is 410 g/mol. The van der Waals surface area contributed by atoms with E-state index in [0.29, 0.717) is 23.6 Å². The summed E-state index contributed by atoms with van der Waals surface area (Å²) in [6.45, 7) is 2.41. The van der Waals surface area contributed by atoms with Gasteiger partial charge in [-0.2, -0.15) is 0 Å². The molecule has 0 fully saturated rings. The third kappa shape index (κ3) is 4.94. The smallest absolute Gasteiger partial charge is 0.261 e. The van der Waals surface area contributed by atoms with Gasteiger partial charge in [0, 0.05) is 24.0 Å². The van der Waals surface area contributed by atoms with Crippen LogP contribution >= 0.6 is 0 Å². The average Bonchev–Trinajstić information content (AvgIpc) is 2.75. The third-order valence-electron chi connectivity index (χ3n) is 4.28. The molecule has 29 heavy (non-hydrogen) atoms. The molecule has 0 spiro atoms. The van der Waals surface area contributed by atoms with Gasteiger partial charge in [-0.3, -0.25) is 9.52 Å². The summed E-state index contributed by atoms with van der Waals surface area (Å²) in [7, 11) is -2.09. The standard InChI is InChI=1S/C22H22N2O4S/c1-3-28-20-13-11-18(12-14-20)23-29(26,27)21-15-9-17(10-16-21)22(25)24(2)19-7-5-4-6-8-19/h4-16,23H,3H2,1-2H3. The molecule has 0 bridgehead atoms. The molecule has 0 saturated carbocycles. The van der Waals surface area contributed by atoms with Gasteiger partial charge in [0.25, 0.3) is 15.9 Å². The van der Waals surface area contributed by atoms with Gasteiger partial charge in [0.1, 0.15) is 5.75 Å². The van der Waals surface area contributed by atoms with Gasteiger partial charge >= 0.3 is 0 Å². The van der Waals surface area contributed by atoms with Gasteiger partial charge in [0.2, 0.25) is 0 Å². The van der Waals surface area contributed by atoms with E-state index in [1.807, 2.05) is 37.3 Å². The lowest BCUT2D eigenvalue weighted by atomic mass is 10.2. The van der Waals surface area contributed by atoms with Crippen LogP contribution in [0.15, 0.2) is 83.8 Å². The fraction of sp³-hybridized carbons (Fsp3) is 0.136. The normalized spacial score (nSPS) is 11.0. The van der Waals surface area contributed by atoms with E-state index >= 15 is 0 Å². The number of carbonyl (C=O) groups is 1. The lowest BCUT2D eigenvalue weighted by Crippen LogP contribution is -2.26. The Kier molecular flexibility index (Phi) is 6.19. The van der Waals surface area contributed by atoms with Crippen molar-refractivity contribution in [1.29, 1.82) is 0 Å². The summed E-state index contributed by atoms with van der Waals surface area (Å²) in [5, 5.41) is 0. The maximum Gasteiger partial charge on any atom is 0.261 e. The minimum Gasteiger partial charge on any atom is -0.494 e. The van der Waals surface area contributed by atoms with Crippen LogP contribution in [-0.4, -0.2) is 28.0 Å². The molecule has 6 nitrogen and oxygen atoms in total. The Balaban J connectivity index is 1.73. The van der Waals surface area contributed by atoms with Gasteiger partial charge in [-0.25, -0.2) is 8.42 Å². The van der Waals surface area contributed by atoms with E-state index in [0.717, 1.165) is 5.69 Å². The molecule has 0 aliphatic rings. The maximum atomic E-state index is 12.6. The summed E-state index contributed by atoms with van der Waals surface area (Å²) >= 11 is 0. The monoisotopic (exact) mass is 410 g/mol. The number of nitrogens with zero attached hydrogens (tertiary/aromatic N) is 1. The molecule has 0 heterocycles. The van der Waals surface area contributed by atoms with E-state index in [9.17, 15) is 13.2 Å². The molecule has 3 aromatic carbocycles. The van der Waals surface area contributed by atoms with E-state index in [1.165, 1.54) is 29.2 Å². The number of hydrogen-bond acceptors (Lipinski definition) is 4. The quantitative estimate of drug-likeness (QED) is 0.635. The highest BCUT2D eigenvalue weighted by Gasteiger charge is 2.17. The summed E-state index contributed by atoms with van der Waals surface area (Å²) in [5.41, 5.74) is 1.58. The highest BCUT2D eigenvalue weighted by Crippen LogP contribution is 2.21. The molecule has 3 aromatic rings. The third-order valence-corrected chi connectivity index (χ3v) is 5.67. The largest absolute Gasteiger partial charge is 0.494 e. The number of nitrogens with one attached hydrogen (secondary N) is 1. The van der Waals surface area contributed by atoms with E-state index in [1.54, 1.807) is 31.3 Å². The number of sulfonamides is 1. The number of carbonyl (C=O) groups excluding carboxylic acids is 1. The van der Waals surface area contributed by atoms with Crippen LogP contribution in [0.3, 0.4) is 0 Å². The molecule has 0 aliphatic carbocycles. The van der Waals surface area contributed by atoms with Gasteiger partial charge in [-0.15, -0.1) is 0 Å². The van der Waals surface area contributed by atoms with Crippen LogP contribution in [0, 0.1) is 0 Å². The molecule has 0 aromatic heterocycles. The van der Waals surface area contributed by atoms with Crippen molar-refractivity contribution < 1.29 is 17.9 Å². The Hall–Kier alpha value is -3.32. The van der Waals surface area contributed by atoms with Gasteiger partial charge in [0.05, 0.1) is 11.5 Å². The Morgan fingerprint density at radius 3 is 2.14 bits per heavy atom. The second kappa shape index (κ2) is 8.79. The minimum absolute atomic E-state index is 0.0744. The first-order valence-electron chi connectivity index (χ1n) is 9.09. The lowest BCUT2D eigenvalue weighted by molar-refractivity contribution is 0.0993. The zero-order chi connectivity index (χ0) is 20.9. The second-order valence-electron chi connectivity index (χ2n) is 6.29. The van der Waals surface area contributed by atoms with Crippen LogP contribution in [0.5, 0.6) is 5.75 Å². The van der Waals surface area contributed by atoms with E-state index in [-0.39, 0.29) is 10.8 Å². The molecular formula is C22H22N2O4S. The van der Waals surface area contributed by atoms with Crippen molar-refractivity contribution in [3.8, 4) is 5.75 Å². The topological polar surface area (TPSA) is 75.7 Å². The number of anilines is 2. The van der Waals surface area contributed by atoms with Gasteiger partial charge < -0.3 is 9.64 Å². The van der Waals surface area contributed by atoms with E-state index in [4.69, 9.17) is 4.74 Å². The Labute approximate surface area is 170 Å². The predicted octanol–water partition coefficient (Wildman–Crippen LogP) is 4.16. The first-order valence-corrected chi connectivity index (χ1v) is 10.6. The van der Waals surface area contributed by atoms with Crippen molar-refractivity contribution in [2.75, 3.05) is 23.3 Å². The number of ether oxygens (including phenoxy) is 1. The maximum absolute atomic E-state index is 12.6. The second-order valence-corrected chi connectivity index (χ2v) is 7.97. The van der Waals surface area contributed by atoms with Crippen molar-refractivity contribution in [1.82, 2.24) is 0 Å². The fourth-order valence-corrected chi connectivity index (χ4v) is 3.80. The molecular weight excluding hydrogens is 388 g/mol. The van der Waals surface area contributed by atoms with Crippen LogP contribution in [0.2, 0.25) is 0 Å². The van der Waals surface area contributed by atoms with Crippen molar-refractivity contribution in [2.45, 2.75) is 11.8 Å². The number of hydrogen-bond donors (Lipinski definition) is 1. The molecule has 0 radical (unpaired) electrons. The predicted molar refractivity (Wildman–Crippen MR) is 114 cm³/mol. The zero-order valence-electron chi connectivity index (χ0n) is 16.2. The fourth-order valence-electron chi connectivity index (χ4n) is 2.74. The van der Waals surface area contributed by atoms with Crippen molar-refractivity contribution in [3.05, 3.63) is 84.4 Å². The van der Waals surface area contributed by atoms with Crippen LogP contribution in [0.25, 0.3) is 0 Å². The van der Waals surface area contributed by atoms with Crippen molar-refractivity contribution in [2.24, 2.45) is 0 Å². The molecule has 0 atom stereocenters. The lowest BCUT2D eigenvalue weighted by Gasteiger charge is -2.17. The molecule has 0 saturated heterocycles. The summed E-state index contributed by atoms with van der Waals surface area (Å²) in [4.78, 5) is 14.2. The summed E-state index contributed by atoms with van der Waals surface area (Å²) in [5.74, 6) is 0.445. The zero-order valence-corrected chi connectivity index (χ0v) is 17.0. The van der Waals surface area contributed by atoms with Crippen molar-refractivity contribution in [3.63, 3.8) is 0 Å². The van der Waals surface area contributed by atoms with Crippen LogP contribution < -0.4 is 14.4 Å². The van der Waals surface area contributed by atoms with Crippen LogP contribution in [-0.2, 0) is 10.0 Å². The Bertz CT molecular complexity index is 1060. The highest BCUT2D eigenvalue weighted by molar-refractivity contribution is 7.92. The van der Waals surface area contributed by atoms with Gasteiger partial charge in [-0.05, 0) is 67.6 Å². The van der Waals surface area contributed by atoms with Gasteiger partial charge in [-0.1, -0.05) is 18.2 Å². The van der Waals surface area contributed by atoms with Crippen molar-refractivity contribution >= 4 is 27.3 Å². The number of benzene rings is 3. The summed E-state index contributed by atoms with van der Waals surface area (Å²) in [6, 6.07) is 21.8. The van der Waals surface area contributed by atoms with Crippen LogP contribution in [0.1, 0.15) is 17.3 Å². The molecule has 0 aliphatic heterocycles. The summed E-state index contributed by atoms with van der Waals surface area (Å²) in [6.07, 6.45) is 0. The Morgan fingerprint density at radius 1 is 0.931 bits per heavy atom.